The number of hydrogen-bond acceptors (Lipinski definition) is 3. The molecular weight excluding hydrogens is 274 g/mol. The molecule has 1 saturated carbocycles. The lowest BCUT2D eigenvalue weighted by Crippen LogP contribution is -2.43. The number of rotatable bonds is 4. The summed E-state index contributed by atoms with van der Waals surface area (Å²) in [7, 11) is -3.09. The first kappa shape index (κ1) is 14.0. The van der Waals surface area contributed by atoms with Crippen molar-refractivity contribution >= 4 is 10.0 Å². The zero-order valence-corrected chi connectivity index (χ0v) is 12.6. The quantitative estimate of drug-likeness (QED) is 0.855. The Balaban J connectivity index is 1.74. The minimum atomic E-state index is -3.09. The molecule has 4 nitrogen and oxygen atoms in total. The third-order valence-electron chi connectivity index (χ3n) is 4.09. The maximum atomic E-state index is 12.3. The van der Waals surface area contributed by atoms with E-state index < -0.39 is 10.0 Å². The summed E-state index contributed by atoms with van der Waals surface area (Å²) in [4.78, 5) is 0. The van der Waals surface area contributed by atoms with Gasteiger partial charge in [0.25, 0.3) is 0 Å². The van der Waals surface area contributed by atoms with Crippen molar-refractivity contribution in [1.29, 1.82) is 0 Å². The summed E-state index contributed by atoms with van der Waals surface area (Å²) in [5.41, 5.74) is 2.35. The SMILES string of the molecule is CCc1ccc(C2CN(S(=O)(=O)C3CC3)CCO2)cc1. The van der Waals surface area contributed by atoms with Gasteiger partial charge in [-0.15, -0.1) is 0 Å². The molecule has 0 bridgehead atoms. The first-order valence-electron chi connectivity index (χ1n) is 7.30. The van der Waals surface area contributed by atoms with E-state index in [9.17, 15) is 8.42 Å². The minimum absolute atomic E-state index is 0.135. The zero-order valence-electron chi connectivity index (χ0n) is 11.8. The van der Waals surface area contributed by atoms with Crippen LogP contribution in [0.2, 0.25) is 0 Å². The number of nitrogens with zero attached hydrogens (tertiary/aromatic N) is 1. The van der Waals surface area contributed by atoms with Crippen molar-refractivity contribution in [2.45, 2.75) is 37.5 Å². The number of hydrogen-bond donors (Lipinski definition) is 0. The zero-order chi connectivity index (χ0) is 14.2. The van der Waals surface area contributed by atoms with E-state index in [0.29, 0.717) is 19.7 Å². The van der Waals surface area contributed by atoms with Gasteiger partial charge in [0.1, 0.15) is 0 Å². The van der Waals surface area contributed by atoms with E-state index in [4.69, 9.17) is 4.74 Å². The third-order valence-corrected chi connectivity index (χ3v) is 6.46. The van der Waals surface area contributed by atoms with Crippen LogP contribution in [-0.4, -0.2) is 37.7 Å². The molecule has 110 valence electrons. The second-order valence-electron chi connectivity index (χ2n) is 5.56. The topological polar surface area (TPSA) is 46.6 Å². The largest absolute Gasteiger partial charge is 0.371 e. The van der Waals surface area contributed by atoms with Crippen molar-refractivity contribution < 1.29 is 13.2 Å². The predicted octanol–water partition coefficient (Wildman–Crippen LogP) is 2.11. The minimum Gasteiger partial charge on any atom is -0.371 e. The monoisotopic (exact) mass is 295 g/mol. The van der Waals surface area contributed by atoms with Gasteiger partial charge in [0, 0.05) is 13.1 Å². The van der Waals surface area contributed by atoms with E-state index in [1.165, 1.54) is 5.56 Å². The molecule has 1 unspecified atom stereocenters. The molecule has 3 rings (SSSR count). The van der Waals surface area contributed by atoms with Crippen LogP contribution in [0.3, 0.4) is 0 Å². The van der Waals surface area contributed by atoms with Gasteiger partial charge in [0.2, 0.25) is 10.0 Å². The molecule has 1 aliphatic heterocycles. The lowest BCUT2D eigenvalue weighted by atomic mass is 10.1. The summed E-state index contributed by atoms with van der Waals surface area (Å²) in [5, 5.41) is -0.135. The normalized spacial score (nSPS) is 24.8. The van der Waals surface area contributed by atoms with Crippen molar-refractivity contribution in [2.75, 3.05) is 19.7 Å². The summed E-state index contributed by atoms with van der Waals surface area (Å²) < 4.78 is 32.0. The Morgan fingerprint density at radius 1 is 1.25 bits per heavy atom. The number of sulfonamides is 1. The van der Waals surface area contributed by atoms with Crippen LogP contribution < -0.4 is 0 Å². The molecule has 20 heavy (non-hydrogen) atoms. The van der Waals surface area contributed by atoms with Gasteiger partial charge >= 0.3 is 0 Å². The highest BCUT2D eigenvalue weighted by atomic mass is 32.2. The Morgan fingerprint density at radius 3 is 2.55 bits per heavy atom. The van der Waals surface area contributed by atoms with E-state index in [1.807, 2.05) is 0 Å². The molecule has 5 heteroatoms. The Bertz CT molecular complexity index is 563. The van der Waals surface area contributed by atoms with E-state index in [0.717, 1.165) is 24.8 Å². The molecule has 1 saturated heterocycles. The summed E-state index contributed by atoms with van der Waals surface area (Å²) in [5.74, 6) is 0. The lowest BCUT2D eigenvalue weighted by Gasteiger charge is -2.32. The fourth-order valence-electron chi connectivity index (χ4n) is 2.60. The molecule has 1 aliphatic carbocycles. The average molecular weight is 295 g/mol. The molecule has 1 aromatic rings. The first-order chi connectivity index (χ1) is 9.61. The van der Waals surface area contributed by atoms with Gasteiger partial charge in [-0.1, -0.05) is 31.2 Å². The lowest BCUT2D eigenvalue weighted by molar-refractivity contribution is -0.00260. The highest BCUT2D eigenvalue weighted by Crippen LogP contribution is 2.33. The van der Waals surface area contributed by atoms with Gasteiger partial charge in [-0.3, -0.25) is 0 Å². The van der Waals surface area contributed by atoms with Crippen molar-refractivity contribution in [3.05, 3.63) is 35.4 Å². The Morgan fingerprint density at radius 2 is 1.95 bits per heavy atom. The third kappa shape index (κ3) is 2.75. The van der Waals surface area contributed by atoms with Crippen LogP contribution in [0.25, 0.3) is 0 Å². The van der Waals surface area contributed by atoms with Gasteiger partial charge in [-0.05, 0) is 30.4 Å². The molecule has 0 N–H and O–H groups in total. The highest BCUT2D eigenvalue weighted by molar-refractivity contribution is 7.90. The molecule has 1 heterocycles. The van der Waals surface area contributed by atoms with Crippen LogP contribution in [0, 0.1) is 0 Å². The van der Waals surface area contributed by atoms with Gasteiger partial charge in [0.05, 0.1) is 18.0 Å². The standard InChI is InChI=1S/C15H21NO3S/c1-2-12-3-5-13(6-4-12)15-11-16(9-10-19-15)20(17,18)14-7-8-14/h3-6,14-15H,2,7-11H2,1H3. The van der Waals surface area contributed by atoms with Crippen molar-refractivity contribution in [2.24, 2.45) is 0 Å². The maximum Gasteiger partial charge on any atom is 0.217 e. The van der Waals surface area contributed by atoms with Crippen molar-refractivity contribution in [1.82, 2.24) is 4.31 Å². The molecule has 0 spiro atoms. The number of benzene rings is 1. The smallest absolute Gasteiger partial charge is 0.217 e. The molecule has 0 amide bonds. The number of ether oxygens (including phenoxy) is 1. The van der Waals surface area contributed by atoms with Gasteiger partial charge in [-0.25, -0.2) is 8.42 Å². The van der Waals surface area contributed by atoms with Crippen LogP contribution in [0.1, 0.15) is 37.0 Å². The van der Waals surface area contributed by atoms with Crippen LogP contribution >= 0.6 is 0 Å². The fourth-order valence-corrected chi connectivity index (χ4v) is 4.43. The first-order valence-corrected chi connectivity index (χ1v) is 8.81. The van der Waals surface area contributed by atoms with Gasteiger partial charge in [-0.2, -0.15) is 4.31 Å². The second kappa shape index (κ2) is 5.47. The van der Waals surface area contributed by atoms with Crippen molar-refractivity contribution in [3.8, 4) is 0 Å². The van der Waals surface area contributed by atoms with E-state index in [2.05, 4.69) is 31.2 Å². The summed E-state index contributed by atoms with van der Waals surface area (Å²) in [6.07, 6.45) is 2.50. The summed E-state index contributed by atoms with van der Waals surface area (Å²) >= 11 is 0. The Hall–Kier alpha value is -0.910. The van der Waals surface area contributed by atoms with E-state index >= 15 is 0 Å². The van der Waals surface area contributed by atoms with Crippen LogP contribution in [0.4, 0.5) is 0 Å². The summed E-state index contributed by atoms with van der Waals surface area (Å²) in [6.45, 7) is 3.54. The highest BCUT2D eigenvalue weighted by Gasteiger charge is 2.41. The van der Waals surface area contributed by atoms with Crippen molar-refractivity contribution in [3.63, 3.8) is 0 Å². The summed E-state index contributed by atoms with van der Waals surface area (Å²) in [6, 6.07) is 8.29. The molecular formula is C15H21NO3S. The van der Waals surface area contributed by atoms with E-state index in [1.54, 1.807) is 4.31 Å². The molecule has 0 radical (unpaired) electrons. The number of morpholine rings is 1. The molecule has 2 fully saturated rings. The maximum absolute atomic E-state index is 12.3. The van der Waals surface area contributed by atoms with Crippen LogP contribution in [0.15, 0.2) is 24.3 Å². The Kier molecular flexibility index (Phi) is 3.84. The molecule has 0 aromatic heterocycles. The predicted molar refractivity (Wildman–Crippen MR) is 78.0 cm³/mol. The van der Waals surface area contributed by atoms with Crippen LogP contribution in [0.5, 0.6) is 0 Å². The Labute approximate surface area is 120 Å². The fraction of sp³-hybridized carbons (Fsp3) is 0.600. The number of aryl methyl sites for hydroxylation is 1. The van der Waals surface area contributed by atoms with E-state index in [-0.39, 0.29) is 11.4 Å². The second-order valence-corrected chi connectivity index (χ2v) is 7.77. The average Bonchev–Trinajstić information content (AvgIpc) is 3.33. The molecule has 1 aromatic carbocycles. The van der Waals surface area contributed by atoms with Gasteiger partial charge in [0.15, 0.2) is 0 Å². The molecule has 1 atom stereocenters. The molecule has 2 aliphatic rings. The van der Waals surface area contributed by atoms with Gasteiger partial charge < -0.3 is 4.74 Å². The van der Waals surface area contributed by atoms with Crippen LogP contribution in [-0.2, 0) is 21.2 Å².